The van der Waals surface area contributed by atoms with Crippen molar-refractivity contribution in [1.82, 2.24) is 10.3 Å². The molecule has 1 heterocycles. The second-order valence-corrected chi connectivity index (χ2v) is 4.94. The SMILES string of the molecule is O=C(NC(c1ccccc1)C1CC1)c1cccnc1. The Morgan fingerprint density at radius 1 is 1.16 bits per heavy atom. The predicted molar refractivity (Wildman–Crippen MR) is 73.6 cm³/mol. The average molecular weight is 252 g/mol. The van der Waals surface area contributed by atoms with Gasteiger partial charge in [-0.3, -0.25) is 9.78 Å². The molecule has 3 nitrogen and oxygen atoms in total. The van der Waals surface area contributed by atoms with E-state index >= 15 is 0 Å². The van der Waals surface area contributed by atoms with Gasteiger partial charge in [0, 0.05) is 12.4 Å². The molecule has 1 aromatic carbocycles. The molecule has 3 heteroatoms. The number of rotatable bonds is 4. The number of aromatic nitrogens is 1. The van der Waals surface area contributed by atoms with Gasteiger partial charge in [-0.25, -0.2) is 0 Å². The number of nitrogens with zero attached hydrogens (tertiary/aromatic N) is 1. The van der Waals surface area contributed by atoms with Gasteiger partial charge in [0.15, 0.2) is 0 Å². The lowest BCUT2D eigenvalue weighted by molar-refractivity contribution is 0.0931. The molecule has 1 aromatic heterocycles. The summed E-state index contributed by atoms with van der Waals surface area (Å²) < 4.78 is 0. The van der Waals surface area contributed by atoms with Crippen LogP contribution < -0.4 is 5.32 Å². The van der Waals surface area contributed by atoms with E-state index in [2.05, 4.69) is 22.4 Å². The molecule has 2 aromatic rings. The van der Waals surface area contributed by atoms with Crippen LogP contribution in [0.15, 0.2) is 54.9 Å². The van der Waals surface area contributed by atoms with E-state index < -0.39 is 0 Å². The van der Waals surface area contributed by atoms with Gasteiger partial charge in [-0.1, -0.05) is 30.3 Å². The first-order valence-electron chi connectivity index (χ1n) is 6.60. The van der Waals surface area contributed by atoms with E-state index in [0.29, 0.717) is 11.5 Å². The van der Waals surface area contributed by atoms with Gasteiger partial charge in [0.1, 0.15) is 0 Å². The second-order valence-electron chi connectivity index (χ2n) is 4.94. The molecule has 1 amide bonds. The summed E-state index contributed by atoms with van der Waals surface area (Å²) in [4.78, 5) is 16.2. The lowest BCUT2D eigenvalue weighted by Crippen LogP contribution is -2.29. The van der Waals surface area contributed by atoms with Crippen LogP contribution in [0.1, 0.15) is 34.8 Å². The largest absolute Gasteiger partial charge is 0.345 e. The lowest BCUT2D eigenvalue weighted by atomic mass is 10.0. The van der Waals surface area contributed by atoms with Crippen molar-refractivity contribution in [2.45, 2.75) is 18.9 Å². The molecule has 0 saturated heterocycles. The maximum absolute atomic E-state index is 12.2. The Hall–Kier alpha value is -2.16. The highest BCUT2D eigenvalue weighted by Gasteiger charge is 2.33. The lowest BCUT2D eigenvalue weighted by Gasteiger charge is -2.18. The fourth-order valence-electron chi connectivity index (χ4n) is 2.28. The first-order chi connectivity index (χ1) is 9.34. The van der Waals surface area contributed by atoms with Crippen LogP contribution in [-0.4, -0.2) is 10.9 Å². The molecule has 0 spiro atoms. The average Bonchev–Trinajstić information content (AvgIpc) is 3.31. The number of hydrogen-bond acceptors (Lipinski definition) is 2. The van der Waals surface area contributed by atoms with Crippen molar-refractivity contribution in [2.75, 3.05) is 0 Å². The maximum atomic E-state index is 12.2. The first kappa shape index (κ1) is 11.9. The van der Waals surface area contributed by atoms with E-state index in [4.69, 9.17) is 0 Å². The molecular formula is C16H16N2O. The summed E-state index contributed by atoms with van der Waals surface area (Å²) in [6.45, 7) is 0. The maximum Gasteiger partial charge on any atom is 0.253 e. The fourth-order valence-corrected chi connectivity index (χ4v) is 2.28. The molecular weight excluding hydrogens is 236 g/mol. The standard InChI is InChI=1S/C16H16N2O/c19-16(14-7-4-10-17-11-14)18-15(13-8-9-13)12-5-2-1-3-6-12/h1-7,10-11,13,15H,8-9H2,(H,18,19). The van der Waals surface area contributed by atoms with Crippen molar-refractivity contribution in [1.29, 1.82) is 0 Å². The molecule has 0 radical (unpaired) electrons. The van der Waals surface area contributed by atoms with Crippen LogP contribution in [0.4, 0.5) is 0 Å². The van der Waals surface area contributed by atoms with Crippen molar-refractivity contribution in [3.8, 4) is 0 Å². The molecule has 0 aliphatic heterocycles. The molecule has 1 saturated carbocycles. The number of nitrogens with one attached hydrogen (secondary N) is 1. The van der Waals surface area contributed by atoms with Crippen LogP contribution in [0, 0.1) is 5.92 Å². The van der Waals surface area contributed by atoms with E-state index in [0.717, 1.165) is 0 Å². The highest BCUT2D eigenvalue weighted by Crippen LogP contribution is 2.41. The van der Waals surface area contributed by atoms with Gasteiger partial charge >= 0.3 is 0 Å². The van der Waals surface area contributed by atoms with E-state index in [1.165, 1.54) is 18.4 Å². The summed E-state index contributed by atoms with van der Waals surface area (Å²) in [5, 5.41) is 3.13. The summed E-state index contributed by atoms with van der Waals surface area (Å²) >= 11 is 0. The van der Waals surface area contributed by atoms with Crippen molar-refractivity contribution in [3.05, 3.63) is 66.0 Å². The quantitative estimate of drug-likeness (QED) is 0.909. The third kappa shape index (κ3) is 2.81. The molecule has 1 aliphatic carbocycles. The zero-order valence-electron chi connectivity index (χ0n) is 10.6. The van der Waals surface area contributed by atoms with Gasteiger partial charge in [0.2, 0.25) is 0 Å². The number of pyridine rings is 1. The number of carbonyl (C=O) groups excluding carboxylic acids is 1. The minimum Gasteiger partial charge on any atom is -0.345 e. The molecule has 1 unspecified atom stereocenters. The van der Waals surface area contributed by atoms with Gasteiger partial charge in [-0.2, -0.15) is 0 Å². The molecule has 1 N–H and O–H groups in total. The predicted octanol–water partition coefficient (Wildman–Crippen LogP) is 2.96. The first-order valence-corrected chi connectivity index (χ1v) is 6.60. The summed E-state index contributed by atoms with van der Waals surface area (Å²) in [5.41, 5.74) is 1.80. The van der Waals surface area contributed by atoms with Gasteiger partial charge < -0.3 is 5.32 Å². The Bertz CT molecular complexity index is 549. The third-order valence-corrected chi connectivity index (χ3v) is 3.46. The monoisotopic (exact) mass is 252 g/mol. The molecule has 3 rings (SSSR count). The molecule has 19 heavy (non-hydrogen) atoms. The zero-order chi connectivity index (χ0) is 13.1. The van der Waals surface area contributed by atoms with Crippen LogP contribution >= 0.6 is 0 Å². The second kappa shape index (κ2) is 5.22. The third-order valence-electron chi connectivity index (χ3n) is 3.46. The van der Waals surface area contributed by atoms with Crippen molar-refractivity contribution in [3.63, 3.8) is 0 Å². The smallest absolute Gasteiger partial charge is 0.253 e. The van der Waals surface area contributed by atoms with Crippen LogP contribution in [0.2, 0.25) is 0 Å². The Kier molecular flexibility index (Phi) is 3.27. The molecule has 96 valence electrons. The van der Waals surface area contributed by atoms with Gasteiger partial charge in [-0.05, 0) is 36.5 Å². The fraction of sp³-hybridized carbons (Fsp3) is 0.250. The normalized spacial score (nSPS) is 15.8. The molecule has 0 bridgehead atoms. The minimum absolute atomic E-state index is 0.0474. The zero-order valence-corrected chi connectivity index (χ0v) is 10.6. The number of amides is 1. The Morgan fingerprint density at radius 2 is 1.95 bits per heavy atom. The highest BCUT2D eigenvalue weighted by atomic mass is 16.1. The summed E-state index contributed by atoms with van der Waals surface area (Å²) in [7, 11) is 0. The number of benzene rings is 1. The van der Waals surface area contributed by atoms with E-state index in [1.54, 1.807) is 24.5 Å². The van der Waals surface area contributed by atoms with Gasteiger partial charge in [0.05, 0.1) is 11.6 Å². The highest BCUT2D eigenvalue weighted by molar-refractivity contribution is 5.94. The van der Waals surface area contributed by atoms with E-state index in [9.17, 15) is 4.79 Å². The molecule has 1 fully saturated rings. The summed E-state index contributed by atoms with van der Waals surface area (Å²) in [6.07, 6.45) is 5.65. The topological polar surface area (TPSA) is 42.0 Å². The van der Waals surface area contributed by atoms with Gasteiger partial charge in [0.25, 0.3) is 5.91 Å². The summed E-state index contributed by atoms with van der Waals surface area (Å²) in [6, 6.07) is 13.9. The molecule has 1 atom stereocenters. The van der Waals surface area contributed by atoms with Crippen molar-refractivity contribution < 1.29 is 4.79 Å². The number of carbonyl (C=O) groups is 1. The van der Waals surface area contributed by atoms with Crippen molar-refractivity contribution >= 4 is 5.91 Å². The van der Waals surface area contributed by atoms with Crippen molar-refractivity contribution in [2.24, 2.45) is 5.92 Å². The van der Waals surface area contributed by atoms with E-state index in [-0.39, 0.29) is 11.9 Å². The Balaban J connectivity index is 1.78. The van der Waals surface area contributed by atoms with Crippen LogP contribution in [0.25, 0.3) is 0 Å². The van der Waals surface area contributed by atoms with Crippen LogP contribution in [-0.2, 0) is 0 Å². The Labute approximate surface area is 112 Å². The minimum atomic E-state index is -0.0474. The number of hydrogen-bond donors (Lipinski definition) is 1. The molecule has 1 aliphatic rings. The summed E-state index contributed by atoms with van der Waals surface area (Å²) in [5.74, 6) is 0.525. The van der Waals surface area contributed by atoms with Crippen LogP contribution in [0.3, 0.4) is 0 Å². The van der Waals surface area contributed by atoms with Crippen LogP contribution in [0.5, 0.6) is 0 Å². The Morgan fingerprint density at radius 3 is 2.58 bits per heavy atom. The van der Waals surface area contributed by atoms with Gasteiger partial charge in [-0.15, -0.1) is 0 Å². The van der Waals surface area contributed by atoms with E-state index in [1.807, 2.05) is 18.2 Å².